The summed E-state index contributed by atoms with van der Waals surface area (Å²) in [5.41, 5.74) is 0.561. The van der Waals surface area contributed by atoms with Gasteiger partial charge in [0.05, 0.1) is 5.69 Å². The molecule has 0 spiro atoms. The number of carbonyl (C=O) groups excluding carboxylic acids is 1. The van der Waals surface area contributed by atoms with E-state index in [0.717, 1.165) is 0 Å². The lowest BCUT2D eigenvalue weighted by Gasteiger charge is -2.10. The monoisotopic (exact) mass is 275 g/mol. The number of benzene rings is 1. The number of hydrogen-bond acceptors (Lipinski definition) is 3. The molecule has 1 amide bonds. The third kappa shape index (κ3) is 5.91. The number of hydrogen-bond donors (Lipinski definition) is 2. The van der Waals surface area contributed by atoms with E-state index in [1.54, 1.807) is 31.2 Å². The van der Waals surface area contributed by atoms with E-state index in [-0.39, 0.29) is 25.4 Å². The minimum Gasteiger partial charge on any atom is -0.481 e. The lowest BCUT2D eigenvalue weighted by molar-refractivity contribution is -0.137. The molecule has 1 aromatic rings. The number of ether oxygens (including phenoxy) is 1. The number of nitrogens with one attached hydrogen (secondary N) is 1. The first kappa shape index (κ1) is 15.6. The molecule has 5 heteroatoms. The zero-order valence-electron chi connectivity index (χ0n) is 11.3. The van der Waals surface area contributed by atoms with Crippen LogP contribution in [0.3, 0.4) is 0 Å². The van der Waals surface area contributed by atoms with Gasteiger partial charge in [0.15, 0.2) is 0 Å². The summed E-state index contributed by atoms with van der Waals surface area (Å²) in [7, 11) is 0. The van der Waals surface area contributed by atoms with Gasteiger partial charge in [0.2, 0.25) is 5.91 Å². The number of carboxylic acid groups (broad SMARTS) is 1. The average molecular weight is 275 g/mol. The summed E-state index contributed by atoms with van der Waals surface area (Å²) in [5.74, 6) is 4.90. The van der Waals surface area contributed by atoms with Gasteiger partial charge in [0, 0.05) is 12.8 Å². The van der Waals surface area contributed by atoms with E-state index in [2.05, 4.69) is 17.2 Å². The van der Waals surface area contributed by atoms with Gasteiger partial charge in [0.25, 0.3) is 0 Å². The quantitative estimate of drug-likeness (QED) is 0.748. The van der Waals surface area contributed by atoms with Crippen molar-refractivity contribution in [3.05, 3.63) is 24.3 Å². The maximum absolute atomic E-state index is 11.7. The highest BCUT2D eigenvalue weighted by atomic mass is 16.5. The summed E-state index contributed by atoms with van der Waals surface area (Å²) in [6.07, 6.45) is 0.457. The fourth-order valence-corrected chi connectivity index (χ4v) is 1.49. The van der Waals surface area contributed by atoms with Crippen LogP contribution in [0.1, 0.15) is 26.2 Å². The van der Waals surface area contributed by atoms with E-state index in [4.69, 9.17) is 9.84 Å². The zero-order chi connectivity index (χ0) is 14.8. The van der Waals surface area contributed by atoms with E-state index in [9.17, 15) is 9.59 Å². The lowest BCUT2D eigenvalue weighted by atomic mass is 10.2. The van der Waals surface area contributed by atoms with Crippen LogP contribution >= 0.6 is 0 Å². The Hall–Kier alpha value is -2.48. The van der Waals surface area contributed by atoms with Gasteiger partial charge in [-0.05, 0) is 25.5 Å². The van der Waals surface area contributed by atoms with Crippen molar-refractivity contribution in [3.63, 3.8) is 0 Å². The van der Waals surface area contributed by atoms with Crippen LogP contribution < -0.4 is 10.1 Å². The summed E-state index contributed by atoms with van der Waals surface area (Å²) in [6.45, 7) is 1.97. The molecule has 0 radical (unpaired) electrons. The highest BCUT2D eigenvalue weighted by Gasteiger charge is 2.08. The van der Waals surface area contributed by atoms with Crippen LogP contribution in [0.25, 0.3) is 0 Å². The molecule has 0 aliphatic carbocycles. The number of carbonyl (C=O) groups is 2. The van der Waals surface area contributed by atoms with Crippen LogP contribution in [0.2, 0.25) is 0 Å². The van der Waals surface area contributed by atoms with E-state index >= 15 is 0 Å². The van der Waals surface area contributed by atoms with Gasteiger partial charge in [-0.15, -0.1) is 5.92 Å². The smallest absolute Gasteiger partial charge is 0.303 e. The number of anilines is 1. The first-order valence-electron chi connectivity index (χ1n) is 6.26. The number of aliphatic carboxylic acids is 1. The topological polar surface area (TPSA) is 75.6 Å². The second kappa shape index (κ2) is 8.59. The first-order chi connectivity index (χ1) is 9.63. The van der Waals surface area contributed by atoms with Crippen molar-refractivity contribution in [2.75, 3.05) is 11.9 Å². The minimum absolute atomic E-state index is 0.0162. The van der Waals surface area contributed by atoms with Gasteiger partial charge < -0.3 is 15.2 Å². The van der Waals surface area contributed by atoms with Gasteiger partial charge in [-0.2, -0.15) is 0 Å². The van der Waals surface area contributed by atoms with Gasteiger partial charge in [0.1, 0.15) is 12.4 Å². The molecule has 0 aliphatic rings. The Morgan fingerprint density at radius 3 is 2.75 bits per heavy atom. The zero-order valence-corrected chi connectivity index (χ0v) is 11.3. The first-order valence-corrected chi connectivity index (χ1v) is 6.26. The number of rotatable bonds is 7. The average Bonchev–Trinajstić information content (AvgIpc) is 2.40. The second-order valence-corrected chi connectivity index (χ2v) is 4.01. The van der Waals surface area contributed by atoms with Crippen molar-refractivity contribution >= 4 is 17.6 Å². The molecule has 1 rings (SSSR count). The van der Waals surface area contributed by atoms with Crippen LogP contribution in [-0.4, -0.2) is 23.6 Å². The van der Waals surface area contributed by atoms with Crippen LogP contribution in [0.15, 0.2) is 24.3 Å². The van der Waals surface area contributed by atoms with Crippen LogP contribution in [0.4, 0.5) is 5.69 Å². The number of amides is 1. The molecule has 0 saturated carbocycles. The fraction of sp³-hybridized carbons (Fsp3) is 0.333. The summed E-state index contributed by atoms with van der Waals surface area (Å²) in [5, 5.41) is 11.2. The van der Waals surface area contributed by atoms with E-state index < -0.39 is 5.97 Å². The molecule has 1 aromatic carbocycles. The highest BCUT2D eigenvalue weighted by Crippen LogP contribution is 2.23. The van der Waals surface area contributed by atoms with E-state index in [1.165, 1.54) is 0 Å². The summed E-state index contributed by atoms with van der Waals surface area (Å²) in [4.78, 5) is 22.1. The summed E-state index contributed by atoms with van der Waals surface area (Å²) in [6, 6.07) is 7.05. The van der Waals surface area contributed by atoms with Gasteiger partial charge in [-0.3, -0.25) is 9.59 Å². The summed E-state index contributed by atoms with van der Waals surface area (Å²) < 4.78 is 5.44. The Bertz CT molecular complexity index is 528. The van der Waals surface area contributed by atoms with Crippen LogP contribution in [-0.2, 0) is 9.59 Å². The molecule has 0 aliphatic heterocycles. The Morgan fingerprint density at radius 1 is 1.30 bits per heavy atom. The highest BCUT2D eigenvalue weighted by molar-refractivity contribution is 5.92. The Balaban J connectivity index is 2.54. The maximum Gasteiger partial charge on any atom is 0.303 e. The third-order valence-corrected chi connectivity index (χ3v) is 2.43. The normalized spacial score (nSPS) is 9.25. The molecule has 0 heterocycles. The lowest BCUT2D eigenvalue weighted by Crippen LogP contribution is -2.13. The molecule has 106 valence electrons. The Kier molecular flexibility index (Phi) is 6.69. The Labute approximate surface area is 117 Å². The standard InChI is InChI=1S/C15H17NO4/c1-2-3-11-20-13-8-5-4-7-12(13)16-14(17)9-6-10-15(18)19/h4-5,7-8H,6,9-11H2,1H3,(H,16,17)(H,18,19). The van der Waals surface area contributed by atoms with Crippen molar-refractivity contribution < 1.29 is 19.4 Å². The van der Waals surface area contributed by atoms with E-state index in [1.807, 2.05) is 0 Å². The second-order valence-electron chi connectivity index (χ2n) is 4.01. The molecule has 2 N–H and O–H groups in total. The third-order valence-electron chi connectivity index (χ3n) is 2.43. The molecule has 5 nitrogen and oxygen atoms in total. The minimum atomic E-state index is -0.903. The summed E-state index contributed by atoms with van der Waals surface area (Å²) >= 11 is 0. The predicted molar refractivity (Wildman–Crippen MR) is 75.5 cm³/mol. The molecule has 20 heavy (non-hydrogen) atoms. The number of carboxylic acids is 1. The van der Waals surface area contributed by atoms with Crippen molar-refractivity contribution in [1.29, 1.82) is 0 Å². The van der Waals surface area contributed by atoms with Crippen molar-refractivity contribution in [1.82, 2.24) is 0 Å². The largest absolute Gasteiger partial charge is 0.481 e. The molecule has 0 bridgehead atoms. The molecular formula is C15H17NO4. The van der Waals surface area contributed by atoms with Gasteiger partial charge >= 0.3 is 5.97 Å². The predicted octanol–water partition coefficient (Wildman–Crippen LogP) is 2.28. The van der Waals surface area contributed by atoms with Crippen LogP contribution in [0, 0.1) is 11.8 Å². The van der Waals surface area contributed by atoms with E-state index in [0.29, 0.717) is 17.9 Å². The number of para-hydroxylation sites is 2. The molecule has 0 atom stereocenters. The van der Waals surface area contributed by atoms with Crippen molar-refractivity contribution in [2.45, 2.75) is 26.2 Å². The van der Waals surface area contributed by atoms with Crippen molar-refractivity contribution in [2.24, 2.45) is 0 Å². The molecular weight excluding hydrogens is 258 g/mol. The fourth-order valence-electron chi connectivity index (χ4n) is 1.49. The molecule has 0 aromatic heterocycles. The van der Waals surface area contributed by atoms with Gasteiger partial charge in [-0.25, -0.2) is 0 Å². The molecule has 0 fully saturated rings. The Morgan fingerprint density at radius 2 is 2.05 bits per heavy atom. The van der Waals surface area contributed by atoms with Gasteiger partial charge in [-0.1, -0.05) is 18.1 Å². The SMILES string of the molecule is CC#CCOc1ccccc1NC(=O)CCCC(=O)O. The maximum atomic E-state index is 11.7. The molecule has 0 unspecified atom stereocenters. The van der Waals surface area contributed by atoms with Crippen LogP contribution in [0.5, 0.6) is 5.75 Å². The molecule has 0 saturated heterocycles. The van der Waals surface area contributed by atoms with Crippen molar-refractivity contribution in [3.8, 4) is 17.6 Å².